The van der Waals surface area contributed by atoms with E-state index in [1.165, 1.54) is 0 Å². The van der Waals surface area contributed by atoms with E-state index in [0.717, 1.165) is 24.5 Å². The third-order valence-corrected chi connectivity index (χ3v) is 3.02. The highest BCUT2D eigenvalue weighted by Crippen LogP contribution is 2.20. The zero-order chi connectivity index (χ0) is 12.4. The van der Waals surface area contributed by atoms with Crippen LogP contribution in [0, 0.1) is 0 Å². The Morgan fingerprint density at radius 2 is 2.00 bits per heavy atom. The number of hydrogen-bond donors (Lipinski definition) is 1. The van der Waals surface area contributed by atoms with Gasteiger partial charge in [-0.15, -0.1) is 0 Å². The Morgan fingerprint density at radius 3 is 2.47 bits per heavy atom. The van der Waals surface area contributed by atoms with Crippen molar-refractivity contribution >= 4 is 5.69 Å². The third-order valence-electron chi connectivity index (χ3n) is 3.02. The maximum absolute atomic E-state index is 5.79. The van der Waals surface area contributed by atoms with Crippen LogP contribution in [-0.4, -0.2) is 30.3 Å². The van der Waals surface area contributed by atoms with Gasteiger partial charge in [0.05, 0.1) is 29.8 Å². The molecule has 2 heterocycles. The van der Waals surface area contributed by atoms with E-state index in [1.807, 2.05) is 19.2 Å². The van der Waals surface area contributed by atoms with E-state index in [1.54, 1.807) is 0 Å². The van der Waals surface area contributed by atoms with Crippen LogP contribution in [0.2, 0.25) is 0 Å². The number of hydrogen-bond acceptors (Lipinski definition) is 4. The lowest BCUT2D eigenvalue weighted by Crippen LogP contribution is -2.45. The first kappa shape index (κ1) is 12.3. The predicted molar refractivity (Wildman–Crippen MR) is 69.1 cm³/mol. The molecule has 3 atom stereocenters. The third kappa shape index (κ3) is 2.96. The van der Waals surface area contributed by atoms with Crippen molar-refractivity contribution in [2.75, 3.05) is 18.0 Å². The topological polar surface area (TPSA) is 51.4 Å². The SMILES string of the molecule is CC1CN(c2ccc([C@@H](C)N)nc2)CC(C)O1. The molecule has 94 valence electrons. The van der Waals surface area contributed by atoms with Crippen LogP contribution < -0.4 is 10.6 Å². The zero-order valence-corrected chi connectivity index (χ0v) is 10.8. The lowest BCUT2D eigenvalue weighted by molar-refractivity contribution is -0.00523. The number of rotatable bonds is 2. The van der Waals surface area contributed by atoms with Crippen molar-refractivity contribution in [2.45, 2.75) is 39.0 Å². The van der Waals surface area contributed by atoms with E-state index < -0.39 is 0 Å². The largest absolute Gasteiger partial charge is 0.372 e. The fraction of sp³-hybridized carbons (Fsp3) is 0.615. The van der Waals surface area contributed by atoms with Crippen molar-refractivity contribution in [1.82, 2.24) is 4.98 Å². The van der Waals surface area contributed by atoms with Gasteiger partial charge < -0.3 is 15.4 Å². The second-order valence-corrected chi connectivity index (χ2v) is 4.89. The van der Waals surface area contributed by atoms with Crippen LogP contribution in [-0.2, 0) is 4.74 Å². The molecule has 4 heteroatoms. The molecule has 1 aromatic rings. The Bertz CT molecular complexity index is 353. The van der Waals surface area contributed by atoms with E-state index in [9.17, 15) is 0 Å². The molecule has 4 nitrogen and oxygen atoms in total. The zero-order valence-electron chi connectivity index (χ0n) is 10.8. The summed E-state index contributed by atoms with van der Waals surface area (Å²) in [6.45, 7) is 7.99. The standard InChI is InChI=1S/C13H21N3O/c1-9-7-16(8-10(2)17-9)12-4-5-13(11(3)14)15-6-12/h4-6,9-11H,7-8,14H2,1-3H3/t9?,10?,11-/m1/s1. The van der Waals surface area contributed by atoms with Crippen molar-refractivity contribution in [2.24, 2.45) is 5.73 Å². The van der Waals surface area contributed by atoms with E-state index >= 15 is 0 Å². The Balaban J connectivity index is 2.11. The lowest BCUT2D eigenvalue weighted by atomic mass is 10.2. The molecule has 1 fully saturated rings. The Hall–Kier alpha value is -1.13. The number of pyridine rings is 1. The van der Waals surface area contributed by atoms with Crippen LogP contribution in [0.1, 0.15) is 32.5 Å². The molecule has 0 amide bonds. The summed E-state index contributed by atoms with van der Waals surface area (Å²) in [5, 5.41) is 0. The first-order chi connectivity index (χ1) is 8.06. The van der Waals surface area contributed by atoms with Gasteiger partial charge in [0.2, 0.25) is 0 Å². The van der Waals surface area contributed by atoms with E-state index in [4.69, 9.17) is 10.5 Å². The van der Waals surface area contributed by atoms with Crippen LogP contribution in [0.25, 0.3) is 0 Å². The molecule has 1 aliphatic heterocycles. The molecule has 2 unspecified atom stereocenters. The van der Waals surface area contributed by atoms with Gasteiger partial charge in [0.15, 0.2) is 0 Å². The van der Waals surface area contributed by atoms with Crippen LogP contribution >= 0.6 is 0 Å². The lowest BCUT2D eigenvalue weighted by Gasteiger charge is -2.36. The Labute approximate surface area is 103 Å². The van der Waals surface area contributed by atoms with Crippen molar-refractivity contribution in [3.63, 3.8) is 0 Å². The molecule has 17 heavy (non-hydrogen) atoms. The maximum atomic E-state index is 5.79. The van der Waals surface area contributed by atoms with Crippen LogP contribution in [0.4, 0.5) is 5.69 Å². The van der Waals surface area contributed by atoms with Crippen LogP contribution in [0.3, 0.4) is 0 Å². The summed E-state index contributed by atoms with van der Waals surface area (Å²) >= 11 is 0. The highest BCUT2D eigenvalue weighted by atomic mass is 16.5. The monoisotopic (exact) mass is 235 g/mol. The number of morpholine rings is 1. The van der Waals surface area contributed by atoms with Gasteiger partial charge in [-0.2, -0.15) is 0 Å². The van der Waals surface area contributed by atoms with Crippen LogP contribution in [0.5, 0.6) is 0 Å². The van der Waals surface area contributed by atoms with Gasteiger partial charge in [0, 0.05) is 19.1 Å². The summed E-state index contributed by atoms with van der Waals surface area (Å²) in [6, 6.07) is 4.09. The smallest absolute Gasteiger partial charge is 0.0726 e. The summed E-state index contributed by atoms with van der Waals surface area (Å²) in [5.41, 5.74) is 7.87. The fourth-order valence-corrected chi connectivity index (χ4v) is 2.24. The number of nitrogens with two attached hydrogens (primary N) is 1. The molecule has 2 rings (SSSR count). The molecule has 1 saturated heterocycles. The molecule has 0 bridgehead atoms. The second kappa shape index (κ2) is 5.02. The average Bonchev–Trinajstić information content (AvgIpc) is 2.28. The minimum Gasteiger partial charge on any atom is -0.372 e. The predicted octanol–water partition coefficient (Wildman–Crippen LogP) is 1.71. The molecule has 0 aromatic carbocycles. The van der Waals surface area contributed by atoms with Gasteiger partial charge in [-0.25, -0.2) is 0 Å². The number of ether oxygens (including phenoxy) is 1. The van der Waals surface area contributed by atoms with Gasteiger partial charge in [-0.1, -0.05) is 0 Å². The summed E-state index contributed by atoms with van der Waals surface area (Å²) < 4.78 is 5.72. The molecule has 2 N–H and O–H groups in total. The summed E-state index contributed by atoms with van der Waals surface area (Å²) in [5.74, 6) is 0. The molecule has 1 aromatic heterocycles. The molecule has 1 aliphatic rings. The normalized spacial score (nSPS) is 26.9. The highest BCUT2D eigenvalue weighted by Gasteiger charge is 2.22. The number of aromatic nitrogens is 1. The van der Waals surface area contributed by atoms with E-state index in [-0.39, 0.29) is 18.2 Å². The quantitative estimate of drug-likeness (QED) is 0.848. The molecular weight excluding hydrogens is 214 g/mol. The molecule has 0 spiro atoms. The van der Waals surface area contributed by atoms with Crippen molar-refractivity contribution in [3.8, 4) is 0 Å². The first-order valence-corrected chi connectivity index (χ1v) is 6.18. The minimum atomic E-state index is -0.00779. The maximum Gasteiger partial charge on any atom is 0.0726 e. The molecule has 0 saturated carbocycles. The molecule has 0 radical (unpaired) electrons. The first-order valence-electron chi connectivity index (χ1n) is 6.18. The number of nitrogens with zero attached hydrogens (tertiary/aromatic N) is 2. The summed E-state index contributed by atoms with van der Waals surface area (Å²) in [6.07, 6.45) is 2.45. The van der Waals surface area contributed by atoms with Crippen molar-refractivity contribution in [3.05, 3.63) is 24.0 Å². The van der Waals surface area contributed by atoms with E-state index in [0.29, 0.717) is 0 Å². The Kier molecular flexibility index (Phi) is 3.64. The van der Waals surface area contributed by atoms with Gasteiger partial charge in [0.25, 0.3) is 0 Å². The summed E-state index contributed by atoms with van der Waals surface area (Å²) in [7, 11) is 0. The van der Waals surface area contributed by atoms with Gasteiger partial charge in [-0.05, 0) is 32.9 Å². The van der Waals surface area contributed by atoms with Crippen molar-refractivity contribution in [1.29, 1.82) is 0 Å². The molecular formula is C13H21N3O. The minimum absolute atomic E-state index is 0.00779. The van der Waals surface area contributed by atoms with Gasteiger partial charge in [0.1, 0.15) is 0 Å². The van der Waals surface area contributed by atoms with Crippen molar-refractivity contribution < 1.29 is 4.74 Å². The van der Waals surface area contributed by atoms with Gasteiger partial charge >= 0.3 is 0 Å². The average molecular weight is 235 g/mol. The summed E-state index contributed by atoms with van der Waals surface area (Å²) in [4.78, 5) is 6.71. The fourth-order valence-electron chi connectivity index (χ4n) is 2.24. The van der Waals surface area contributed by atoms with E-state index in [2.05, 4.69) is 29.8 Å². The number of anilines is 1. The highest BCUT2D eigenvalue weighted by molar-refractivity contribution is 5.45. The van der Waals surface area contributed by atoms with Crippen LogP contribution in [0.15, 0.2) is 18.3 Å². The second-order valence-electron chi connectivity index (χ2n) is 4.89. The molecule has 0 aliphatic carbocycles. The Morgan fingerprint density at radius 1 is 1.35 bits per heavy atom. The van der Waals surface area contributed by atoms with Gasteiger partial charge in [-0.3, -0.25) is 4.98 Å².